The first-order valence-corrected chi connectivity index (χ1v) is 4.49. The van der Waals surface area contributed by atoms with Crippen molar-refractivity contribution in [2.24, 2.45) is 0 Å². The van der Waals surface area contributed by atoms with Crippen molar-refractivity contribution in [2.75, 3.05) is 5.75 Å². The molecule has 4 nitrogen and oxygen atoms in total. The number of aliphatic carboxylic acids is 1. The van der Waals surface area contributed by atoms with Crippen LogP contribution in [0, 0.1) is 0 Å². The highest BCUT2D eigenvalue weighted by atomic mass is 32.2. The van der Waals surface area contributed by atoms with Crippen molar-refractivity contribution in [1.29, 1.82) is 0 Å². The van der Waals surface area contributed by atoms with Gasteiger partial charge in [-0.15, -0.1) is 0 Å². The highest BCUT2D eigenvalue weighted by molar-refractivity contribution is 7.99. The van der Waals surface area contributed by atoms with E-state index in [0.717, 1.165) is 0 Å². The summed E-state index contributed by atoms with van der Waals surface area (Å²) in [6.07, 6.45) is 3.22. The van der Waals surface area contributed by atoms with Crippen LogP contribution in [0.5, 0.6) is 0 Å². The zero-order valence-electron chi connectivity index (χ0n) is 6.80. The molecule has 1 N–H and O–H groups in total. The van der Waals surface area contributed by atoms with Crippen molar-refractivity contribution >= 4 is 17.7 Å². The standard InChI is InChI=1S/C8H8N2O2S/c1-6(7(11)12)5-13-8-9-3-2-4-10-8/h2-4H,1,5H2,(H,11,12). The maximum atomic E-state index is 10.4. The largest absolute Gasteiger partial charge is 0.478 e. The fourth-order valence-electron chi connectivity index (χ4n) is 0.573. The average molecular weight is 196 g/mol. The molecular weight excluding hydrogens is 188 g/mol. The van der Waals surface area contributed by atoms with Gasteiger partial charge in [0.05, 0.1) is 0 Å². The number of thioether (sulfide) groups is 1. The molecule has 68 valence electrons. The molecule has 0 unspecified atom stereocenters. The summed E-state index contributed by atoms with van der Waals surface area (Å²) < 4.78 is 0. The first-order chi connectivity index (χ1) is 6.20. The summed E-state index contributed by atoms with van der Waals surface area (Å²) in [4.78, 5) is 18.2. The van der Waals surface area contributed by atoms with Crippen LogP contribution in [0.25, 0.3) is 0 Å². The van der Waals surface area contributed by atoms with Gasteiger partial charge in [0, 0.05) is 23.7 Å². The number of hydrogen-bond acceptors (Lipinski definition) is 4. The molecule has 0 aliphatic heterocycles. The molecule has 0 aromatic carbocycles. The molecule has 0 atom stereocenters. The maximum absolute atomic E-state index is 10.4. The molecule has 13 heavy (non-hydrogen) atoms. The molecule has 1 aromatic rings. The number of carboxylic acid groups (broad SMARTS) is 1. The zero-order valence-corrected chi connectivity index (χ0v) is 7.62. The summed E-state index contributed by atoms with van der Waals surface area (Å²) in [7, 11) is 0. The van der Waals surface area contributed by atoms with Crippen LogP contribution >= 0.6 is 11.8 Å². The van der Waals surface area contributed by atoms with Crippen LogP contribution in [0.15, 0.2) is 35.8 Å². The quantitative estimate of drug-likeness (QED) is 0.445. The summed E-state index contributed by atoms with van der Waals surface area (Å²) >= 11 is 1.25. The smallest absolute Gasteiger partial charge is 0.331 e. The van der Waals surface area contributed by atoms with Gasteiger partial charge in [-0.05, 0) is 6.07 Å². The first-order valence-electron chi connectivity index (χ1n) is 3.51. The third kappa shape index (κ3) is 3.25. The van der Waals surface area contributed by atoms with Gasteiger partial charge in [0.2, 0.25) is 0 Å². The Morgan fingerprint density at radius 2 is 2.15 bits per heavy atom. The minimum Gasteiger partial charge on any atom is -0.478 e. The van der Waals surface area contributed by atoms with Crippen molar-refractivity contribution in [3.63, 3.8) is 0 Å². The third-order valence-corrected chi connectivity index (χ3v) is 2.18. The second kappa shape index (κ2) is 4.61. The number of rotatable bonds is 4. The van der Waals surface area contributed by atoms with Crippen molar-refractivity contribution in [2.45, 2.75) is 5.16 Å². The number of hydrogen-bond donors (Lipinski definition) is 1. The van der Waals surface area contributed by atoms with E-state index in [-0.39, 0.29) is 5.57 Å². The van der Waals surface area contributed by atoms with Crippen LogP contribution in [0.1, 0.15) is 0 Å². The van der Waals surface area contributed by atoms with Gasteiger partial charge in [-0.1, -0.05) is 18.3 Å². The zero-order chi connectivity index (χ0) is 9.68. The van der Waals surface area contributed by atoms with Crippen molar-refractivity contribution in [3.05, 3.63) is 30.6 Å². The highest BCUT2D eigenvalue weighted by Gasteiger charge is 2.04. The lowest BCUT2D eigenvalue weighted by Crippen LogP contribution is -2.01. The van der Waals surface area contributed by atoms with E-state index in [1.807, 2.05) is 0 Å². The maximum Gasteiger partial charge on any atom is 0.331 e. The van der Waals surface area contributed by atoms with Gasteiger partial charge in [-0.3, -0.25) is 0 Å². The molecule has 1 aromatic heterocycles. The molecule has 0 aliphatic rings. The normalized spacial score (nSPS) is 9.54. The molecule has 0 spiro atoms. The second-order valence-electron chi connectivity index (χ2n) is 2.23. The fourth-order valence-corrected chi connectivity index (χ4v) is 1.27. The molecule has 0 radical (unpaired) electrons. The summed E-state index contributed by atoms with van der Waals surface area (Å²) in [5.41, 5.74) is 0.150. The summed E-state index contributed by atoms with van der Waals surface area (Å²) in [6.45, 7) is 3.39. The minimum atomic E-state index is -0.983. The number of carboxylic acids is 1. The monoisotopic (exact) mass is 196 g/mol. The molecule has 1 rings (SSSR count). The second-order valence-corrected chi connectivity index (χ2v) is 3.17. The molecule has 0 saturated carbocycles. The molecule has 0 fully saturated rings. The van der Waals surface area contributed by atoms with E-state index >= 15 is 0 Å². The molecule has 0 saturated heterocycles. The molecule has 0 aliphatic carbocycles. The lowest BCUT2D eigenvalue weighted by Gasteiger charge is -1.98. The number of nitrogens with zero attached hydrogens (tertiary/aromatic N) is 2. The molecule has 5 heteroatoms. The topological polar surface area (TPSA) is 63.1 Å². The van der Waals surface area contributed by atoms with Crippen LogP contribution in [0.3, 0.4) is 0 Å². The van der Waals surface area contributed by atoms with Crippen LogP contribution in [0.2, 0.25) is 0 Å². The summed E-state index contributed by atoms with van der Waals surface area (Å²) in [5, 5.41) is 9.07. The van der Waals surface area contributed by atoms with E-state index in [1.165, 1.54) is 11.8 Å². The van der Waals surface area contributed by atoms with E-state index in [4.69, 9.17) is 5.11 Å². The van der Waals surface area contributed by atoms with E-state index in [9.17, 15) is 4.79 Å². The summed E-state index contributed by atoms with van der Waals surface area (Å²) in [6, 6.07) is 1.70. The third-order valence-electron chi connectivity index (χ3n) is 1.22. The van der Waals surface area contributed by atoms with E-state index < -0.39 is 5.97 Å². The Morgan fingerprint density at radius 3 is 2.69 bits per heavy atom. The van der Waals surface area contributed by atoms with Gasteiger partial charge in [0.1, 0.15) is 0 Å². The van der Waals surface area contributed by atoms with E-state index in [2.05, 4.69) is 16.5 Å². The van der Waals surface area contributed by atoms with Gasteiger partial charge < -0.3 is 5.11 Å². The molecule has 0 amide bonds. The van der Waals surface area contributed by atoms with Gasteiger partial charge in [0.25, 0.3) is 0 Å². The first kappa shape index (κ1) is 9.73. The number of aromatic nitrogens is 2. The van der Waals surface area contributed by atoms with Crippen molar-refractivity contribution < 1.29 is 9.90 Å². The predicted octanol–water partition coefficient (Wildman–Crippen LogP) is 1.21. The van der Waals surface area contributed by atoms with Crippen molar-refractivity contribution in [1.82, 2.24) is 9.97 Å². The van der Waals surface area contributed by atoms with Crippen LogP contribution < -0.4 is 0 Å². The Bertz CT molecular complexity index is 313. The highest BCUT2D eigenvalue weighted by Crippen LogP contribution is 2.13. The van der Waals surface area contributed by atoms with E-state index in [1.54, 1.807) is 18.5 Å². The molecule has 0 bridgehead atoms. The Balaban J connectivity index is 2.44. The van der Waals surface area contributed by atoms with Gasteiger partial charge in [0.15, 0.2) is 5.16 Å². The lowest BCUT2D eigenvalue weighted by molar-refractivity contribution is -0.132. The van der Waals surface area contributed by atoms with Crippen LogP contribution in [0.4, 0.5) is 0 Å². The Morgan fingerprint density at radius 1 is 1.54 bits per heavy atom. The van der Waals surface area contributed by atoms with Crippen LogP contribution in [-0.2, 0) is 4.79 Å². The fraction of sp³-hybridized carbons (Fsp3) is 0.125. The molecule has 1 heterocycles. The van der Waals surface area contributed by atoms with Crippen LogP contribution in [-0.4, -0.2) is 26.8 Å². The van der Waals surface area contributed by atoms with E-state index in [0.29, 0.717) is 10.9 Å². The Labute approximate surface area is 79.7 Å². The SMILES string of the molecule is C=C(CSc1ncccn1)C(=O)O. The molecular formula is C8H8N2O2S. The van der Waals surface area contributed by atoms with Crippen molar-refractivity contribution in [3.8, 4) is 0 Å². The minimum absolute atomic E-state index is 0.150. The Kier molecular flexibility index (Phi) is 3.45. The average Bonchev–Trinajstić information content (AvgIpc) is 2.15. The number of carbonyl (C=O) groups is 1. The predicted molar refractivity (Wildman–Crippen MR) is 49.5 cm³/mol. The lowest BCUT2D eigenvalue weighted by atomic mass is 10.4. The Hall–Kier alpha value is -1.36. The van der Waals surface area contributed by atoms with Gasteiger partial charge >= 0.3 is 5.97 Å². The summed E-state index contributed by atoms with van der Waals surface area (Å²) in [5.74, 6) is -0.678. The van der Waals surface area contributed by atoms with Gasteiger partial charge in [-0.25, -0.2) is 14.8 Å². The van der Waals surface area contributed by atoms with Gasteiger partial charge in [-0.2, -0.15) is 0 Å².